The Kier molecular flexibility index (Phi) is 9.61. The largest absolute Gasteiger partial charge is 0.448 e. The minimum absolute atomic E-state index is 0.0756. The highest BCUT2D eigenvalue weighted by Crippen LogP contribution is 2.44. The fraction of sp³-hybridized carbons (Fsp3) is 0.484. The number of nitrogens with two attached hydrogens (primary N) is 1. The molecular formula is C31H38N4O5S. The van der Waals surface area contributed by atoms with Crippen molar-refractivity contribution in [3.05, 3.63) is 59.7 Å². The molecule has 2 aromatic rings. The Balaban J connectivity index is 1.21. The SMILES string of the molecule is NCCCC[C@@H](C=O)N(C(=O)CCCC[C@@H]1SC[C@@H]2NC(=O)N[C@@H]21)C(=O)OCC1c2ccccc2-c2ccccc21. The summed E-state index contributed by atoms with van der Waals surface area (Å²) < 4.78 is 5.79. The van der Waals surface area contributed by atoms with E-state index in [2.05, 4.69) is 22.8 Å². The summed E-state index contributed by atoms with van der Waals surface area (Å²) in [4.78, 5) is 51.6. The van der Waals surface area contributed by atoms with Crippen LogP contribution in [0.3, 0.4) is 0 Å². The fourth-order valence-corrected chi connectivity index (χ4v) is 7.77. The molecule has 2 aliphatic heterocycles. The van der Waals surface area contributed by atoms with Gasteiger partial charge in [-0.15, -0.1) is 0 Å². The van der Waals surface area contributed by atoms with Gasteiger partial charge in [0.25, 0.3) is 0 Å². The molecule has 2 saturated heterocycles. The van der Waals surface area contributed by atoms with Gasteiger partial charge in [0.05, 0.1) is 18.1 Å². The monoisotopic (exact) mass is 578 g/mol. The average Bonchev–Trinajstić information content (AvgIpc) is 3.64. The van der Waals surface area contributed by atoms with E-state index >= 15 is 0 Å². The zero-order valence-corrected chi connectivity index (χ0v) is 23.9. The summed E-state index contributed by atoms with van der Waals surface area (Å²) in [6.07, 6.45) is 3.92. The van der Waals surface area contributed by atoms with Crippen molar-refractivity contribution in [3.8, 4) is 11.1 Å². The molecule has 5 rings (SSSR count). The number of imide groups is 1. The maximum Gasteiger partial charge on any atom is 0.417 e. The van der Waals surface area contributed by atoms with Crippen LogP contribution in [0.2, 0.25) is 0 Å². The summed E-state index contributed by atoms with van der Waals surface area (Å²) in [5, 5.41) is 6.23. The Labute approximate surface area is 244 Å². The van der Waals surface area contributed by atoms with E-state index in [0.717, 1.165) is 45.7 Å². The number of ether oxygens (including phenoxy) is 1. The van der Waals surface area contributed by atoms with Crippen molar-refractivity contribution in [1.29, 1.82) is 0 Å². The maximum atomic E-state index is 13.4. The van der Waals surface area contributed by atoms with Crippen LogP contribution in [0.15, 0.2) is 48.5 Å². The summed E-state index contributed by atoms with van der Waals surface area (Å²) >= 11 is 1.83. The minimum Gasteiger partial charge on any atom is -0.448 e. The zero-order chi connectivity index (χ0) is 28.8. The molecule has 0 radical (unpaired) electrons. The number of benzene rings is 2. The zero-order valence-electron chi connectivity index (χ0n) is 23.1. The summed E-state index contributed by atoms with van der Waals surface area (Å²) in [6, 6.07) is 15.4. The van der Waals surface area contributed by atoms with E-state index in [-0.39, 0.29) is 37.1 Å². The quantitative estimate of drug-likeness (QED) is 0.185. The molecule has 4 N–H and O–H groups in total. The first-order valence-corrected chi connectivity index (χ1v) is 15.6. The molecule has 2 heterocycles. The van der Waals surface area contributed by atoms with Gasteiger partial charge in [0.2, 0.25) is 5.91 Å². The second kappa shape index (κ2) is 13.5. The number of urea groups is 1. The molecule has 1 aliphatic carbocycles. The second-order valence-corrected chi connectivity index (χ2v) is 12.2. The van der Waals surface area contributed by atoms with Crippen LogP contribution in [0.5, 0.6) is 0 Å². The lowest BCUT2D eigenvalue weighted by Crippen LogP contribution is -2.46. The van der Waals surface area contributed by atoms with Crippen LogP contribution in [0.4, 0.5) is 9.59 Å². The third-order valence-corrected chi connectivity index (χ3v) is 9.82. The van der Waals surface area contributed by atoms with Gasteiger partial charge in [0, 0.05) is 23.3 Å². The third kappa shape index (κ3) is 6.43. The first-order chi connectivity index (χ1) is 20.0. The van der Waals surface area contributed by atoms with Crippen LogP contribution in [-0.2, 0) is 14.3 Å². The molecule has 218 valence electrons. The number of amides is 4. The molecule has 3 aliphatic rings. The van der Waals surface area contributed by atoms with Crippen LogP contribution < -0.4 is 16.4 Å². The topological polar surface area (TPSA) is 131 Å². The molecule has 0 bridgehead atoms. The van der Waals surface area contributed by atoms with E-state index in [9.17, 15) is 19.2 Å². The molecule has 0 unspecified atom stereocenters. The van der Waals surface area contributed by atoms with Crippen molar-refractivity contribution in [2.24, 2.45) is 5.73 Å². The molecule has 2 fully saturated rings. The maximum absolute atomic E-state index is 13.4. The number of aldehydes is 1. The summed E-state index contributed by atoms with van der Waals surface area (Å²) in [6.45, 7) is 0.549. The number of hydrogen-bond acceptors (Lipinski definition) is 7. The van der Waals surface area contributed by atoms with Gasteiger partial charge < -0.3 is 25.9 Å². The fourth-order valence-electron chi connectivity index (χ4n) is 6.23. The lowest BCUT2D eigenvalue weighted by molar-refractivity contribution is -0.134. The Hall–Kier alpha value is -3.37. The Morgan fingerprint density at radius 1 is 1.02 bits per heavy atom. The van der Waals surface area contributed by atoms with E-state index in [1.165, 1.54) is 0 Å². The van der Waals surface area contributed by atoms with Gasteiger partial charge >= 0.3 is 12.1 Å². The Morgan fingerprint density at radius 2 is 1.73 bits per heavy atom. The number of nitrogens with one attached hydrogen (secondary N) is 2. The predicted molar refractivity (Wildman–Crippen MR) is 159 cm³/mol. The van der Waals surface area contributed by atoms with Crippen molar-refractivity contribution >= 4 is 36.1 Å². The van der Waals surface area contributed by atoms with Crippen molar-refractivity contribution < 1.29 is 23.9 Å². The first-order valence-electron chi connectivity index (χ1n) is 14.5. The Bertz CT molecular complexity index is 1230. The van der Waals surface area contributed by atoms with Gasteiger partial charge in [-0.05, 0) is 60.9 Å². The number of carbonyl (C=O) groups is 4. The number of unbranched alkanes of at least 4 members (excludes halogenated alkanes) is 2. The predicted octanol–water partition coefficient (Wildman–Crippen LogP) is 4.19. The van der Waals surface area contributed by atoms with Gasteiger partial charge in [-0.1, -0.05) is 55.0 Å². The van der Waals surface area contributed by atoms with Crippen LogP contribution in [0, 0.1) is 0 Å². The van der Waals surface area contributed by atoms with E-state index in [0.29, 0.717) is 43.8 Å². The standard InChI is InChI=1S/C31H38N4O5S/c32-16-8-7-9-20(17-36)35(28(37)15-6-5-14-27-29-26(19-41-27)33-30(38)34-29)31(39)40-18-25-23-12-3-1-10-21(23)22-11-2-4-13-24(22)25/h1-4,10-13,17,20,25-27,29H,5-9,14-16,18-19,32H2,(H2,33,34,38)/t20-,26-,27-,29-/m0/s1. The molecule has 9 nitrogen and oxygen atoms in total. The number of fused-ring (bicyclic) bond motifs is 4. The van der Waals surface area contributed by atoms with Gasteiger partial charge in [0.15, 0.2) is 0 Å². The molecule has 0 aromatic heterocycles. The minimum atomic E-state index is -0.893. The number of hydrogen-bond donors (Lipinski definition) is 3. The molecule has 4 amide bonds. The third-order valence-electron chi connectivity index (χ3n) is 8.31. The summed E-state index contributed by atoms with van der Waals surface area (Å²) in [5.74, 6) is 0.334. The summed E-state index contributed by atoms with van der Waals surface area (Å²) in [7, 11) is 0. The summed E-state index contributed by atoms with van der Waals surface area (Å²) in [5.41, 5.74) is 10.0. The van der Waals surface area contributed by atoms with Crippen molar-refractivity contribution in [2.75, 3.05) is 18.9 Å². The van der Waals surface area contributed by atoms with Gasteiger partial charge in [-0.2, -0.15) is 11.8 Å². The first kappa shape index (κ1) is 29.1. The lowest BCUT2D eigenvalue weighted by atomic mass is 9.98. The van der Waals surface area contributed by atoms with E-state index in [1.54, 1.807) is 0 Å². The number of thioether (sulfide) groups is 1. The molecular weight excluding hydrogens is 540 g/mol. The van der Waals surface area contributed by atoms with Crippen LogP contribution >= 0.6 is 11.8 Å². The van der Waals surface area contributed by atoms with E-state index in [1.807, 2.05) is 48.2 Å². The molecule has 2 aromatic carbocycles. The van der Waals surface area contributed by atoms with Gasteiger partial charge in [-0.25, -0.2) is 14.5 Å². The van der Waals surface area contributed by atoms with Crippen LogP contribution in [0.1, 0.15) is 62.0 Å². The van der Waals surface area contributed by atoms with Gasteiger partial charge in [-0.3, -0.25) is 4.79 Å². The molecule has 41 heavy (non-hydrogen) atoms. The van der Waals surface area contributed by atoms with E-state index < -0.39 is 18.0 Å². The molecule has 0 spiro atoms. The van der Waals surface area contributed by atoms with Crippen molar-refractivity contribution in [2.45, 2.75) is 74.2 Å². The van der Waals surface area contributed by atoms with Crippen LogP contribution in [0.25, 0.3) is 11.1 Å². The van der Waals surface area contributed by atoms with Crippen LogP contribution in [-0.4, -0.2) is 71.5 Å². The number of rotatable bonds is 13. The Morgan fingerprint density at radius 3 is 2.41 bits per heavy atom. The lowest BCUT2D eigenvalue weighted by Gasteiger charge is -2.27. The van der Waals surface area contributed by atoms with E-state index in [4.69, 9.17) is 10.5 Å². The highest BCUT2D eigenvalue weighted by Gasteiger charge is 2.42. The highest BCUT2D eigenvalue weighted by molar-refractivity contribution is 8.00. The normalized spacial score (nSPS) is 21.3. The number of carbonyl (C=O) groups excluding carboxylic acids is 4. The van der Waals surface area contributed by atoms with Gasteiger partial charge in [0.1, 0.15) is 12.9 Å². The molecule has 10 heteroatoms. The molecule has 4 atom stereocenters. The highest BCUT2D eigenvalue weighted by atomic mass is 32.2. The molecule has 0 saturated carbocycles. The second-order valence-electron chi connectivity index (χ2n) is 10.9. The smallest absolute Gasteiger partial charge is 0.417 e. The van der Waals surface area contributed by atoms with Crippen molar-refractivity contribution in [3.63, 3.8) is 0 Å². The number of nitrogens with zero attached hydrogens (tertiary/aromatic N) is 1. The average molecular weight is 579 g/mol. The van der Waals surface area contributed by atoms with Crippen molar-refractivity contribution in [1.82, 2.24) is 15.5 Å².